The van der Waals surface area contributed by atoms with Crippen molar-refractivity contribution in [2.45, 2.75) is 65.5 Å². The molecule has 0 aromatic carbocycles. The summed E-state index contributed by atoms with van der Waals surface area (Å²) in [4.78, 5) is 24.0. The van der Waals surface area contributed by atoms with Crippen LogP contribution < -0.4 is 16.4 Å². The quantitative estimate of drug-likeness (QED) is 0.735. The van der Waals surface area contributed by atoms with Gasteiger partial charge in [0.05, 0.1) is 0 Å². The fourth-order valence-electron chi connectivity index (χ4n) is 2.47. The molecule has 1 rings (SSSR count). The van der Waals surface area contributed by atoms with Gasteiger partial charge in [-0.2, -0.15) is 0 Å². The van der Waals surface area contributed by atoms with Crippen LogP contribution in [0.3, 0.4) is 0 Å². The summed E-state index contributed by atoms with van der Waals surface area (Å²) in [6, 6.07) is -0.364. The lowest BCUT2D eigenvalue weighted by Crippen LogP contribution is -2.53. The molecule has 0 aromatic rings. The largest absolute Gasteiger partial charge is 0.351 e. The molecule has 0 radical (unpaired) electrons. The van der Waals surface area contributed by atoms with Gasteiger partial charge in [-0.05, 0) is 32.2 Å². The van der Waals surface area contributed by atoms with E-state index in [9.17, 15) is 9.59 Å². The van der Waals surface area contributed by atoms with Gasteiger partial charge in [-0.3, -0.25) is 9.59 Å². The molecule has 0 saturated heterocycles. The molecule has 0 heterocycles. The summed E-state index contributed by atoms with van der Waals surface area (Å²) in [5.74, 6) is 0.130. The zero-order valence-electron chi connectivity index (χ0n) is 13.6. The van der Waals surface area contributed by atoms with Crippen LogP contribution in [0.1, 0.15) is 53.4 Å². The van der Waals surface area contributed by atoms with E-state index in [2.05, 4.69) is 10.6 Å². The van der Waals surface area contributed by atoms with Crippen molar-refractivity contribution in [3.8, 4) is 0 Å². The van der Waals surface area contributed by atoms with Crippen molar-refractivity contribution in [3.05, 3.63) is 0 Å². The van der Waals surface area contributed by atoms with E-state index in [1.165, 1.54) is 6.42 Å². The highest BCUT2D eigenvalue weighted by Crippen LogP contribution is 2.23. The maximum atomic E-state index is 12.2. The van der Waals surface area contributed by atoms with E-state index < -0.39 is 11.5 Å². The lowest BCUT2D eigenvalue weighted by atomic mass is 9.84. The van der Waals surface area contributed by atoms with Gasteiger partial charge >= 0.3 is 0 Å². The Kier molecular flexibility index (Phi) is 8.26. The summed E-state index contributed by atoms with van der Waals surface area (Å²) < 4.78 is 0. The lowest BCUT2D eigenvalue weighted by Gasteiger charge is -2.32. The number of nitrogens with two attached hydrogens (primary N) is 1. The molecule has 1 saturated carbocycles. The van der Waals surface area contributed by atoms with Crippen molar-refractivity contribution in [3.63, 3.8) is 0 Å². The van der Waals surface area contributed by atoms with Crippen LogP contribution in [0.5, 0.6) is 0 Å². The van der Waals surface area contributed by atoms with Crippen molar-refractivity contribution < 1.29 is 9.59 Å². The average Bonchev–Trinajstić information content (AvgIpc) is 2.38. The summed E-state index contributed by atoms with van der Waals surface area (Å²) in [7, 11) is 0. The molecule has 6 heteroatoms. The molecule has 4 N–H and O–H groups in total. The van der Waals surface area contributed by atoms with Crippen LogP contribution in [0.2, 0.25) is 0 Å². The molecule has 3 atom stereocenters. The SMILES string of the molecule is CC(NC(=O)C(C)(C)C)C(=O)NC1CCCCC1CN.Cl. The number of hydrogen-bond acceptors (Lipinski definition) is 3. The van der Waals surface area contributed by atoms with Gasteiger partial charge in [0.1, 0.15) is 6.04 Å². The molecule has 124 valence electrons. The number of nitrogens with one attached hydrogen (secondary N) is 2. The molecule has 0 spiro atoms. The van der Waals surface area contributed by atoms with E-state index in [0.29, 0.717) is 12.5 Å². The monoisotopic (exact) mass is 319 g/mol. The number of hydrogen-bond donors (Lipinski definition) is 3. The molecule has 2 amide bonds. The Hall–Kier alpha value is -0.810. The number of carbonyl (C=O) groups is 2. The summed E-state index contributed by atoms with van der Waals surface area (Å²) >= 11 is 0. The van der Waals surface area contributed by atoms with Gasteiger partial charge in [0.2, 0.25) is 11.8 Å². The molecular weight excluding hydrogens is 290 g/mol. The Labute approximate surface area is 134 Å². The van der Waals surface area contributed by atoms with Crippen LogP contribution in [-0.2, 0) is 9.59 Å². The third-order valence-electron chi connectivity index (χ3n) is 3.96. The Balaban J connectivity index is 0.00000400. The fraction of sp³-hybridized carbons (Fsp3) is 0.867. The van der Waals surface area contributed by atoms with Crippen LogP contribution >= 0.6 is 12.4 Å². The Morgan fingerprint density at radius 3 is 2.33 bits per heavy atom. The van der Waals surface area contributed by atoms with Crippen LogP contribution in [-0.4, -0.2) is 30.4 Å². The highest BCUT2D eigenvalue weighted by atomic mass is 35.5. The second kappa shape index (κ2) is 8.59. The van der Waals surface area contributed by atoms with Crippen LogP contribution in [0, 0.1) is 11.3 Å². The zero-order chi connectivity index (χ0) is 15.3. The van der Waals surface area contributed by atoms with E-state index >= 15 is 0 Å². The first-order valence-corrected chi connectivity index (χ1v) is 7.57. The predicted octanol–water partition coefficient (Wildman–Crippen LogP) is 1.59. The van der Waals surface area contributed by atoms with Gasteiger partial charge in [0.25, 0.3) is 0 Å². The molecule has 1 aliphatic rings. The van der Waals surface area contributed by atoms with Crippen LogP contribution in [0.25, 0.3) is 0 Å². The summed E-state index contributed by atoms with van der Waals surface area (Å²) in [5.41, 5.74) is 5.28. The minimum atomic E-state index is -0.512. The van der Waals surface area contributed by atoms with Gasteiger partial charge in [0, 0.05) is 11.5 Å². The molecule has 1 aliphatic carbocycles. The predicted molar refractivity (Wildman–Crippen MR) is 87.3 cm³/mol. The van der Waals surface area contributed by atoms with Crippen molar-refractivity contribution in [2.75, 3.05) is 6.54 Å². The molecule has 0 bridgehead atoms. The van der Waals surface area contributed by atoms with Gasteiger partial charge in [-0.1, -0.05) is 33.6 Å². The standard InChI is InChI=1S/C15H29N3O2.ClH/c1-10(17-14(20)15(2,3)4)13(19)18-12-8-6-5-7-11(12)9-16;/h10-12H,5-9,16H2,1-4H3,(H,17,20)(H,18,19);1H. The lowest BCUT2D eigenvalue weighted by molar-refractivity contribution is -0.133. The highest BCUT2D eigenvalue weighted by molar-refractivity contribution is 5.89. The van der Waals surface area contributed by atoms with Crippen molar-refractivity contribution in [1.82, 2.24) is 10.6 Å². The normalized spacial score (nSPS) is 23.7. The number of rotatable bonds is 4. The molecule has 0 aromatic heterocycles. The Bertz CT molecular complexity index is 355. The van der Waals surface area contributed by atoms with Gasteiger partial charge in [0.15, 0.2) is 0 Å². The van der Waals surface area contributed by atoms with E-state index in [-0.39, 0.29) is 30.3 Å². The topological polar surface area (TPSA) is 84.2 Å². The Morgan fingerprint density at radius 2 is 1.81 bits per heavy atom. The maximum absolute atomic E-state index is 12.2. The average molecular weight is 320 g/mol. The second-order valence-corrected chi connectivity index (χ2v) is 6.84. The van der Waals surface area contributed by atoms with Crippen molar-refractivity contribution >= 4 is 24.2 Å². The zero-order valence-corrected chi connectivity index (χ0v) is 14.4. The first kappa shape index (κ1) is 20.2. The maximum Gasteiger partial charge on any atom is 0.242 e. The fourth-order valence-corrected chi connectivity index (χ4v) is 2.47. The van der Waals surface area contributed by atoms with Crippen molar-refractivity contribution in [1.29, 1.82) is 0 Å². The van der Waals surface area contributed by atoms with Gasteiger partial charge in [-0.25, -0.2) is 0 Å². The van der Waals surface area contributed by atoms with Gasteiger partial charge in [-0.15, -0.1) is 12.4 Å². The molecular formula is C15H30ClN3O2. The molecule has 1 fully saturated rings. The third kappa shape index (κ3) is 6.22. The van der Waals surface area contributed by atoms with Gasteiger partial charge < -0.3 is 16.4 Å². The molecule has 3 unspecified atom stereocenters. The third-order valence-corrected chi connectivity index (χ3v) is 3.96. The van der Waals surface area contributed by atoms with E-state index in [1.54, 1.807) is 6.92 Å². The molecule has 0 aliphatic heterocycles. The smallest absolute Gasteiger partial charge is 0.242 e. The summed E-state index contributed by atoms with van der Waals surface area (Å²) in [5, 5.41) is 5.80. The molecule has 21 heavy (non-hydrogen) atoms. The van der Waals surface area contributed by atoms with E-state index in [0.717, 1.165) is 19.3 Å². The summed E-state index contributed by atoms with van der Waals surface area (Å²) in [6.45, 7) is 7.82. The minimum absolute atomic E-state index is 0. The minimum Gasteiger partial charge on any atom is -0.351 e. The van der Waals surface area contributed by atoms with E-state index in [4.69, 9.17) is 5.73 Å². The van der Waals surface area contributed by atoms with Crippen LogP contribution in [0.4, 0.5) is 0 Å². The number of carbonyl (C=O) groups excluding carboxylic acids is 2. The first-order valence-electron chi connectivity index (χ1n) is 7.57. The van der Waals surface area contributed by atoms with Crippen molar-refractivity contribution in [2.24, 2.45) is 17.1 Å². The summed E-state index contributed by atoms with van der Waals surface area (Å²) in [6.07, 6.45) is 4.37. The Morgan fingerprint density at radius 1 is 1.24 bits per heavy atom. The number of amides is 2. The molecule has 5 nitrogen and oxygen atoms in total. The number of halogens is 1. The first-order chi connectivity index (χ1) is 9.25. The van der Waals surface area contributed by atoms with E-state index in [1.807, 2.05) is 20.8 Å². The van der Waals surface area contributed by atoms with Crippen LogP contribution in [0.15, 0.2) is 0 Å². The second-order valence-electron chi connectivity index (χ2n) is 6.84. The highest BCUT2D eigenvalue weighted by Gasteiger charge is 2.29.